The Morgan fingerprint density at radius 1 is 1.19 bits per heavy atom. The smallest absolute Gasteiger partial charge is 0.335 e. The summed E-state index contributed by atoms with van der Waals surface area (Å²) in [6.45, 7) is 2.21. The number of hydrogen-bond acceptors (Lipinski definition) is 2. The van der Waals surface area contributed by atoms with Gasteiger partial charge in [0, 0.05) is 11.6 Å². The standard InChI is InChI=1S/C17H23NO3/c1-2-4-12-7-9-15(10-8-12)18-16(19)13-5-3-6-14(11-13)17(20)21/h3,5-6,11-12,15H,2,4,7-10H2,1H3,(H,18,19)(H,20,21). The Balaban J connectivity index is 1.90. The van der Waals surface area contributed by atoms with Gasteiger partial charge in [0.15, 0.2) is 0 Å². The van der Waals surface area contributed by atoms with Crippen LogP contribution in [0.1, 0.15) is 66.2 Å². The molecule has 1 saturated carbocycles. The third-order valence-corrected chi connectivity index (χ3v) is 4.25. The number of carbonyl (C=O) groups excluding carboxylic acids is 1. The van der Waals surface area contributed by atoms with E-state index in [-0.39, 0.29) is 17.5 Å². The van der Waals surface area contributed by atoms with Crippen molar-refractivity contribution in [3.63, 3.8) is 0 Å². The largest absolute Gasteiger partial charge is 0.478 e. The predicted molar refractivity (Wildman–Crippen MR) is 81.5 cm³/mol. The molecule has 4 heteroatoms. The number of amides is 1. The minimum absolute atomic E-state index is 0.148. The lowest BCUT2D eigenvalue weighted by molar-refractivity contribution is 0.0697. The first kappa shape index (κ1) is 15.5. The van der Waals surface area contributed by atoms with Crippen molar-refractivity contribution in [3.8, 4) is 0 Å². The highest BCUT2D eigenvalue weighted by Gasteiger charge is 2.22. The van der Waals surface area contributed by atoms with Gasteiger partial charge >= 0.3 is 5.97 Å². The molecule has 0 unspecified atom stereocenters. The van der Waals surface area contributed by atoms with E-state index in [4.69, 9.17) is 5.11 Å². The zero-order valence-electron chi connectivity index (χ0n) is 12.5. The van der Waals surface area contributed by atoms with E-state index >= 15 is 0 Å². The molecule has 0 heterocycles. The van der Waals surface area contributed by atoms with E-state index in [1.807, 2.05) is 0 Å². The summed E-state index contributed by atoms with van der Waals surface area (Å²) in [6.07, 6.45) is 6.90. The fourth-order valence-corrected chi connectivity index (χ4v) is 3.07. The van der Waals surface area contributed by atoms with Gasteiger partial charge in [-0.3, -0.25) is 4.79 Å². The Morgan fingerprint density at radius 2 is 1.86 bits per heavy atom. The summed E-state index contributed by atoms with van der Waals surface area (Å²) in [5.41, 5.74) is 0.569. The molecular formula is C17H23NO3. The Hall–Kier alpha value is -1.84. The number of benzene rings is 1. The minimum Gasteiger partial charge on any atom is -0.478 e. The maximum absolute atomic E-state index is 12.2. The van der Waals surface area contributed by atoms with Crippen molar-refractivity contribution in [2.24, 2.45) is 5.92 Å². The summed E-state index contributed by atoms with van der Waals surface area (Å²) in [7, 11) is 0. The highest BCUT2D eigenvalue weighted by atomic mass is 16.4. The predicted octanol–water partition coefficient (Wildman–Crippen LogP) is 3.47. The van der Waals surface area contributed by atoms with Crippen molar-refractivity contribution in [3.05, 3.63) is 35.4 Å². The second-order valence-corrected chi connectivity index (χ2v) is 5.87. The van der Waals surface area contributed by atoms with Crippen molar-refractivity contribution in [2.75, 3.05) is 0 Å². The quantitative estimate of drug-likeness (QED) is 0.872. The second-order valence-electron chi connectivity index (χ2n) is 5.87. The van der Waals surface area contributed by atoms with Crippen LogP contribution in [0.3, 0.4) is 0 Å². The summed E-state index contributed by atoms with van der Waals surface area (Å²) >= 11 is 0. The highest BCUT2D eigenvalue weighted by molar-refractivity contribution is 5.97. The van der Waals surface area contributed by atoms with E-state index in [1.165, 1.54) is 37.8 Å². The zero-order valence-corrected chi connectivity index (χ0v) is 12.5. The van der Waals surface area contributed by atoms with E-state index in [9.17, 15) is 9.59 Å². The van der Waals surface area contributed by atoms with Crippen LogP contribution < -0.4 is 5.32 Å². The fraction of sp³-hybridized carbons (Fsp3) is 0.529. The van der Waals surface area contributed by atoms with Crippen molar-refractivity contribution in [2.45, 2.75) is 51.5 Å². The Bertz CT molecular complexity index is 505. The van der Waals surface area contributed by atoms with Gasteiger partial charge in [-0.15, -0.1) is 0 Å². The van der Waals surface area contributed by atoms with Gasteiger partial charge in [-0.1, -0.05) is 25.8 Å². The molecule has 1 aliphatic carbocycles. The van der Waals surface area contributed by atoms with Gasteiger partial charge in [0.25, 0.3) is 5.91 Å². The molecule has 1 amide bonds. The molecule has 1 aromatic rings. The molecule has 0 aromatic heterocycles. The van der Waals surface area contributed by atoms with E-state index in [1.54, 1.807) is 12.1 Å². The number of carboxylic acid groups (broad SMARTS) is 1. The molecule has 0 saturated heterocycles. The van der Waals surface area contributed by atoms with E-state index in [0.29, 0.717) is 5.56 Å². The van der Waals surface area contributed by atoms with Crippen molar-refractivity contribution >= 4 is 11.9 Å². The van der Waals surface area contributed by atoms with Crippen LogP contribution in [0.25, 0.3) is 0 Å². The topological polar surface area (TPSA) is 66.4 Å². The lowest BCUT2D eigenvalue weighted by Crippen LogP contribution is -2.37. The summed E-state index contributed by atoms with van der Waals surface area (Å²) in [5, 5.41) is 12.0. The molecule has 114 valence electrons. The number of carbonyl (C=O) groups is 2. The number of aromatic carboxylic acids is 1. The highest BCUT2D eigenvalue weighted by Crippen LogP contribution is 2.27. The normalized spacial score (nSPS) is 21.8. The summed E-state index contributed by atoms with van der Waals surface area (Å²) < 4.78 is 0. The summed E-state index contributed by atoms with van der Waals surface area (Å²) in [6, 6.07) is 6.41. The van der Waals surface area contributed by atoms with Gasteiger partial charge in [-0.05, 0) is 49.8 Å². The average molecular weight is 289 g/mol. The van der Waals surface area contributed by atoms with Gasteiger partial charge < -0.3 is 10.4 Å². The molecule has 2 rings (SSSR count). The molecule has 0 radical (unpaired) electrons. The molecule has 0 spiro atoms. The van der Waals surface area contributed by atoms with Crippen molar-refractivity contribution < 1.29 is 14.7 Å². The first-order valence-corrected chi connectivity index (χ1v) is 7.74. The third kappa shape index (κ3) is 4.31. The number of hydrogen-bond donors (Lipinski definition) is 2. The van der Waals surface area contributed by atoms with Crippen LogP contribution in [0, 0.1) is 5.92 Å². The van der Waals surface area contributed by atoms with Gasteiger partial charge in [0.1, 0.15) is 0 Å². The van der Waals surface area contributed by atoms with Crippen LogP contribution in [0.5, 0.6) is 0 Å². The Labute approximate surface area is 125 Å². The SMILES string of the molecule is CCCC1CCC(NC(=O)c2cccc(C(=O)O)c2)CC1. The van der Waals surface area contributed by atoms with Gasteiger partial charge in [0.05, 0.1) is 5.56 Å². The molecule has 1 aromatic carbocycles. The third-order valence-electron chi connectivity index (χ3n) is 4.25. The molecule has 1 fully saturated rings. The Kier molecular flexibility index (Phi) is 5.37. The monoisotopic (exact) mass is 289 g/mol. The number of rotatable bonds is 5. The zero-order chi connectivity index (χ0) is 15.2. The summed E-state index contributed by atoms with van der Waals surface area (Å²) in [4.78, 5) is 23.1. The van der Waals surface area contributed by atoms with E-state index in [2.05, 4.69) is 12.2 Å². The van der Waals surface area contributed by atoms with E-state index < -0.39 is 5.97 Å². The van der Waals surface area contributed by atoms with Crippen molar-refractivity contribution in [1.82, 2.24) is 5.32 Å². The molecule has 4 nitrogen and oxygen atoms in total. The van der Waals surface area contributed by atoms with Crippen LogP contribution in [0.15, 0.2) is 24.3 Å². The first-order chi connectivity index (χ1) is 10.1. The van der Waals surface area contributed by atoms with Crippen LogP contribution in [-0.4, -0.2) is 23.0 Å². The summed E-state index contributed by atoms with van der Waals surface area (Å²) in [5.74, 6) is -0.375. The van der Waals surface area contributed by atoms with Crippen LogP contribution >= 0.6 is 0 Å². The molecule has 21 heavy (non-hydrogen) atoms. The maximum Gasteiger partial charge on any atom is 0.335 e. The molecular weight excluding hydrogens is 266 g/mol. The van der Waals surface area contributed by atoms with Crippen LogP contribution in [-0.2, 0) is 0 Å². The van der Waals surface area contributed by atoms with Crippen LogP contribution in [0.2, 0.25) is 0 Å². The second kappa shape index (κ2) is 7.25. The number of carboxylic acids is 1. The van der Waals surface area contributed by atoms with Crippen molar-refractivity contribution in [1.29, 1.82) is 0 Å². The van der Waals surface area contributed by atoms with Gasteiger partial charge in [-0.25, -0.2) is 4.79 Å². The lowest BCUT2D eigenvalue weighted by atomic mass is 9.83. The minimum atomic E-state index is -1.01. The maximum atomic E-state index is 12.2. The molecule has 0 bridgehead atoms. The average Bonchev–Trinajstić information content (AvgIpc) is 2.49. The van der Waals surface area contributed by atoms with Gasteiger partial charge in [-0.2, -0.15) is 0 Å². The van der Waals surface area contributed by atoms with Crippen LogP contribution in [0.4, 0.5) is 0 Å². The number of nitrogens with one attached hydrogen (secondary N) is 1. The first-order valence-electron chi connectivity index (χ1n) is 7.74. The molecule has 0 atom stereocenters. The lowest BCUT2D eigenvalue weighted by Gasteiger charge is -2.29. The molecule has 1 aliphatic rings. The van der Waals surface area contributed by atoms with E-state index in [0.717, 1.165) is 18.8 Å². The Morgan fingerprint density at radius 3 is 2.48 bits per heavy atom. The molecule has 0 aliphatic heterocycles. The molecule has 2 N–H and O–H groups in total. The fourth-order valence-electron chi connectivity index (χ4n) is 3.07. The van der Waals surface area contributed by atoms with Gasteiger partial charge in [0.2, 0.25) is 0 Å².